The molecule has 0 N–H and O–H groups in total. The van der Waals surface area contributed by atoms with Gasteiger partial charge in [-0.3, -0.25) is 4.79 Å². The molecular weight excluding hydrogens is 334 g/mol. The Kier molecular flexibility index (Phi) is 5.42. The van der Waals surface area contributed by atoms with Gasteiger partial charge in [-0.1, -0.05) is 23.9 Å². The van der Waals surface area contributed by atoms with Crippen LogP contribution in [0.1, 0.15) is 44.2 Å². The first-order chi connectivity index (χ1) is 12.0. The van der Waals surface area contributed by atoms with Gasteiger partial charge in [0.15, 0.2) is 0 Å². The Balaban J connectivity index is 1.74. The van der Waals surface area contributed by atoms with Crippen molar-refractivity contribution in [2.24, 2.45) is 0 Å². The summed E-state index contributed by atoms with van der Waals surface area (Å²) in [7, 11) is 0. The Morgan fingerprint density at radius 2 is 1.96 bits per heavy atom. The Morgan fingerprint density at radius 3 is 2.68 bits per heavy atom. The molecule has 2 aromatic rings. The van der Waals surface area contributed by atoms with Gasteiger partial charge in [0.1, 0.15) is 0 Å². The first-order valence-corrected chi connectivity index (χ1v) is 9.76. The van der Waals surface area contributed by atoms with Crippen molar-refractivity contribution in [2.75, 3.05) is 5.75 Å². The zero-order chi connectivity index (χ0) is 18.0. The molecule has 2 atom stereocenters. The number of amides is 1. The largest absolute Gasteiger partial charge is 0.337 e. The average molecular weight is 359 g/mol. The number of nitrogens with zero attached hydrogens (tertiary/aromatic N) is 5. The highest BCUT2D eigenvalue weighted by Crippen LogP contribution is 2.26. The first-order valence-electron chi connectivity index (χ1n) is 8.78. The third-order valence-corrected chi connectivity index (χ3v) is 5.96. The number of benzene rings is 1. The predicted molar refractivity (Wildman–Crippen MR) is 99.0 cm³/mol. The summed E-state index contributed by atoms with van der Waals surface area (Å²) >= 11 is 1.40. The van der Waals surface area contributed by atoms with Crippen LogP contribution in [0.5, 0.6) is 0 Å². The second-order valence-corrected chi connectivity index (χ2v) is 7.75. The van der Waals surface area contributed by atoms with E-state index < -0.39 is 0 Å². The monoisotopic (exact) mass is 359 g/mol. The molecule has 7 heteroatoms. The molecule has 25 heavy (non-hydrogen) atoms. The number of hydrogen-bond donors (Lipinski definition) is 0. The molecule has 1 saturated heterocycles. The molecule has 0 aliphatic carbocycles. The van der Waals surface area contributed by atoms with Gasteiger partial charge in [0.05, 0.1) is 11.4 Å². The van der Waals surface area contributed by atoms with Crippen LogP contribution in [0.2, 0.25) is 0 Å². The van der Waals surface area contributed by atoms with Crippen molar-refractivity contribution >= 4 is 17.7 Å². The molecule has 0 radical (unpaired) electrons. The highest BCUT2D eigenvalue weighted by atomic mass is 32.2. The molecule has 3 rings (SSSR count). The van der Waals surface area contributed by atoms with E-state index in [1.807, 2.05) is 17.0 Å². The van der Waals surface area contributed by atoms with E-state index in [4.69, 9.17) is 0 Å². The van der Waals surface area contributed by atoms with Crippen LogP contribution >= 0.6 is 11.8 Å². The number of aryl methyl sites for hydroxylation is 1. The number of tetrazole rings is 1. The molecule has 6 nitrogen and oxygen atoms in total. The van der Waals surface area contributed by atoms with E-state index in [0.717, 1.165) is 24.1 Å². The van der Waals surface area contributed by atoms with Gasteiger partial charge >= 0.3 is 0 Å². The van der Waals surface area contributed by atoms with Crippen LogP contribution in [0.4, 0.5) is 0 Å². The number of carbonyl (C=O) groups excluding carboxylic acids is 1. The van der Waals surface area contributed by atoms with Gasteiger partial charge in [-0.2, -0.15) is 4.68 Å². The molecule has 0 saturated carbocycles. The maximum absolute atomic E-state index is 12.7. The molecule has 1 amide bonds. The number of thioether (sulfide) groups is 1. The molecule has 2 heterocycles. The lowest BCUT2D eigenvalue weighted by Gasteiger charge is -2.39. The van der Waals surface area contributed by atoms with Crippen molar-refractivity contribution in [1.82, 2.24) is 25.1 Å². The third-order valence-electron chi connectivity index (χ3n) is 5.05. The number of rotatable bonds is 4. The molecule has 0 bridgehead atoms. The molecule has 1 aliphatic rings. The Hall–Kier alpha value is -1.89. The minimum Gasteiger partial charge on any atom is -0.337 e. The second-order valence-electron chi connectivity index (χ2n) is 6.81. The molecular formula is C18H25N5OS. The number of carbonyl (C=O) groups is 1. The average Bonchev–Trinajstić information content (AvgIpc) is 3.03. The minimum absolute atomic E-state index is 0.167. The second kappa shape index (κ2) is 7.56. The van der Waals surface area contributed by atoms with E-state index >= 15 is 0 Å². The van der Waals surface area contributed by atoms with Crippen LogP contribution in [0, 0.1) is 13.8 Å². The SMILES string of the molecule is Cc1cccc(-n2nnnc2SCC(=O)N2[C@H](C)CCC[C@H]2C)c1C. The van der Waals surface area contributed by atoms with E-state index in [1.165, 1.54) is 23.7 Å². The zero-order valence-electron chi connectivity index (χ0n) is 15.3. The summed E-state index contributed by atoms with van der Waals surface area (Å²) in [5.74, 6) is 0.528. The van der Waals surface area contributed by atoms with Crippen LogP contribution in [-0.4, -0.2) is 48.9 Å². The summed E-state index contributed by atoms with van der Waals surface area (Å²) in [4.78, 5) is 14.7. The highest BCUT2D eigenvalue weighted by Gasteiger charge is 2.29. The van der Waals surface area contributed by atoms with E-state index in [0.29, 0.717) is 23.0 Å². The van der Waals surface area contributed by atoms with Gasteiger partial charge in [0.2, 0.25) is 11.1 Å². The summed E-state index contributed by atoms with van der Waals surface area (Å²) in [5.41, 5.74) is 3.29. The van der Waals surface area contributed by atoms with E-state index in [-0.39, 0.29) is 5.91 Å². The van der Waals surface area contributed by atoms with Crippen LogP contribution in [0.25, 0.3) is 5.69 Å². The lowest BCUT2D eigenvalue weighted by atomic mass is 9.98. The smallest absolute Gasteiger partial charge is 0.233 e. The number of likely N-dealkylation sites (tertiary alicyclic amines) is 1. The lowest BCUT2D eigenvalue weighted by molar-refractivity contribution is -0.134. The summed E-state index contributed by atoms with van der Waals surface area (Å²) < 4.78 is 1.73. The molecule has 0 spiro atoms. The highest BCUT2D eigenvalue weighted by molar-refractivity contribution is 7.99. The van der Waals surface area contributed by atoms with Gasteiger partial charge < -0.3 is 4.90 Å². The third kappa shape index (κ3) is 3.71. The first kappa shape index (κ1) is 17.9. The number of piperidine rings is 1. The van der Waals surface area contributed by atoms with Crippen molar-refractivity contribution < 1.29 is 4.79 Å². The predicted octanol–water partition coefficient (Wildman–Crippen LogP) is 3.16. The van der Waals surface area contributed by atoms with Crippen molar-refractivity contribution in [1.29, 1.82) is 0 Å². The maximum Gasteiger partial charge on any atom is 0.233 e. The zero-order valence-corrected chi connectivity index (χ0v) is 16.1. The van der Waals surface area contributed by atoms with E-state index in [9.17, 15) is 4.79 Å². The van der Waals surface area contributed by atoms with Crippen LogP contribution in [0.3, 0.4) is 0 Å². The fourth-order valence-corrected chi connectivity index (χ4v) is 4.25. The van der Waals surface area contributed by atoms with Gasteiger partial charge in [0.25, 0.3) is 0 Å². The van der Waals surface area contributed by atoms with Crippen molar-refractivity contribution in [3.63, 3.8) is 0 Å². The molecule has 0 unspecified atom stereocenters. The van der Waals surface area contributed by atoms with Gasteiger partial charge in [-0.25, -0.2) is 0 Å². The molecule has 1 aromatic carbocycles. The molecule has 134 valence electrons. The summed E-state index contributed by atoms with van der Waals surface area (Å²) in [5, 5.41) is 12.7. The van der Waals surface area contributed by atoms with Crippen LogP contribution in [0.15, 0.2) is 23.4 Å². The maximum atomic E-state index is 12.7. The normalized spacial score (nSPS) is 20.7. The van der Waals surface area contributed by atoms with Gasteiger partial charge in [-0.15, -0.1) is 5.10 Å². The molecule has 1 aliphatic heterocycles. The quantitative estimate of drug-likeness (QED) is 0.785. The molecule has 1 aromatic heterocycles. The van der Waals surface area contributed by atoms with Gasteiger partial charge in [-0.05, 0) is 74.6 Å². The Bertz CT molecular complexity index is 750. The summed E-state index contributed by atoms with van der Waals surface area (Å²) in [6, 6.07) is 6.69. The van der Waals surface area contributed by atoms with E-state index in [2.05, 4.69) is 49.3 Å². The van der Waals surface area contributed by atoms with Gasteiger partial charge in [0, 0.05) is 12.1 Å². The fourth-order valence-electron chi connectivity index (χ4n) is 3.50. The van der Waals surface area contributed by atoms with Crippen LogP contribution in [-0.2, 0) is 4.79 Å². The standard InChI is InChI=1S/C18H25N5OS/c1-12-7-5-10-16(15(12)4)23-18(19-20-21-23)25-11-17(24)22-13(2)8-6-9-14(22)3/h5,7,10,13-14H,6,8-9,11H2,1-4H3/t13-,14-/m1/s1. The fraction of sp³-hybridized carbons (Fsp3) is 0.556. The molecule has 1 fully saturated rings. The van der Waals surface area contributed by atoms with E-state index in [1.54, 1.807) is 4.68 Å². The van der Waals surface area contributed by atoms with Crippen LogP contribution < -0.4 is 0 Å². The Labute approximate surface area is 153 Å². The lowest BCUT2D eigenvalue weighted by Crippen LogP contribution is -2.48. The topological polar surface area (TPSA) is 63.9 Å². The van der Waals surface area contributed by atoms with Crippen molar-refractivity contribution in [2.45, 2.75) is 64.2 Å². The number of aromatic nitrogens is 4. The van der Waals surface area contributed by atoms with Crippen molar-refractivity contribution in [3.05, 3.63) is 29.3 Å². The Morgan fingerprint density at radius 1 is 1.24 bits per heavy atom. The minimum atomic E-state index is 0.167. The summed E-state index contributed by atoms with van der Waals surface area (Å²) in [6.45, 7) is 8.40. The summed E-state index contributed by atoms with van der Waals surface area (Å²) in [6.07, 6.45) is 3.37. The van der Waals surface area contributed by atoms with Crippen molar-refractivity contribution in [3.8, 4) is 5.69 Å². The number of hydrogen-bond acceptors (Lipinski definition) is 5.